The molecule has 0 radical (unpaired) electrons. The lowest BCUT2D eigenvalue weighted by Gasteiger charge is -2.35. The lowest BCUT2D eigenvalue weighted by molar-refractivity contribution is 0.240. The molecule has 0 atom stereocenters. The minimum absolute atomic E-state index is 0.931. The summed E-state index contributed by atoms with van der Waals surface area (Å²) in [5.41, 5.74) is 1.01. The standard InChI is InChI=1S/C16H24N6/c1-3-7-21-8-6-18-15(21)13-20-9-11-22(12-10-20)16-14(2)17-4-5-19-16/h4-6,8H,3,7,9-13H2,1-2H3. The van der Waals surface area contributed by atoms with Gasteiger partial charge in [-0.2, -0.15) is 0 Å². The minimum atomic E-state index is 0.931. The summed E-state index contributed by atoms with van der Waals surface area (Å²) < 4.78 is 2.26. The fraction of sp³-hybridized carbons (Fsp3) is 0.562. The van der Waals surface area contributed by atoms with Crippen LogP contribution in [-0.2, 0) is 13.1 Å². The molecule has 1 aliphatic rings. The lowest BCUT2D eigenvalue weighted by atomic mass is 10.3. The average molecular weight is 300 g/mol. The number of hydrogen-bond donors (Lipinski definition) is 0. The van der Waals surface area contributed by atoms with Gasteiger partial charge in [-0.3, -0.25) is 9.88 Å². The number of nitrogens with zero attached hydrogens (tertiary/aromatic N) is 6. The highest BCUT2D eigenvalue weighted by molar-refractivity contribution is 5.42. The van der Waals surface area contributed by atoms with Crippen LogP contribution in [0.3, 0.4) is 0 Å². The molecule has 0 aliphatic carbocycles. The Bertz CT molecular complexity index is 600. The van der Waals surface area contributed by atoms with E-state index in [1.807, 2.05) is 13.1 Å². The van der Waals surface area contributed by atoms with Gasteiger partial charge in [0.1, 0.15) is 11.6 Å². The molecule has 0 aromatic carbocycles. The first-order chi connectivity index (χ1) is 10.8. The van der Waals surface area contributed by atoms with Gasteiger partial charge in [0.15, 0.2) is 0 Å². The molecule has 0 N–H and O–H groups in total. The molecule has 3 rings (SSSR count). The quantitative estimate of drug-likeness (QED) is 0.841. The molecule has 1 saturated heterocycles. The van der Waals surface area contributed by atoms with Crippen molar-refractivity contribution in [1.82, 2.24) is 24.4 Å². The third-order valence-electron chi connectivity index (χ3n) is 4.16. The maximum absolute atomic E-state index is 4.51. The van der Waals surface area contributed by atoms with Crippen molar-refractivity contribution < 1.29 is 0 Å². The van der Waals surface area contributed by atoms with Crippen LogP contribution < -0.4 is 4.90 Å². The van der Waals surface area contributed by atoms with Gasteiger partial charge in [0, 0.05) is 57.5 Å². The zero-order valence-electron chi connectivity index (χ0n) is 13.4. The molecule has 6 nitrogen and oxygen atoms in total. The zero-order valence-corrected chi connectivity index (χ0v) is 13.4. The van der Waals surface area contributed by atoms with E-state index in [0.717, 1.165) is 57.2 Å². The highest BCUT2D eigenvalue weighted by Gasteiger charge is 2.20. The van der Waals surface area contributed by atoms with Crippen molar-refractivity contribution in [3.63, 3.8) is 0 Å². The van der Waals surface area contributed by atoms with Crippen molar-refractivity contribution in [3.05, 3.63) is 36.3 Å². The molecule has 1 fully saturated rings. The molecule has 22 heavy (non-hydrogen) atoms. The number of rotatable bonds is 5. The predicted molar refractivity (Wildman–Crippen MR) is 86.8 cm³/mol. The first-order valence-corrected chi connectivity index (χ1v) is 8.03. The molecule has 1 aliphatic heterocycles. The van der Waals surface area contributed by atoms with E-state index in [4.69, 9.17) is 0 Å². The summed E-state index contributed by atoms with van der Waals surface area (Å²) in [4.78, 5) is 18.1. The van der Waals surface area contributed by atoms with Crippen molar-refractivity contribution in [2.45, 2.75) is 33.4 Å². The minimum Gasteiger partial charge on any atom is -0.353 e. The Morgan fingerprint density at radius 3 is 2.50 bits per heavy atom. The van der Waals surface area contributed by atoms with Gasteiger partial charge in [0.2, 0.25) is 0 Å². The van der Waals surface area contributed by atoms with Crippen LogP contribution in [0.15, 0.2) is 24.8 Å². The van der Waals surface area contributed by atoms with Crippen LogP contribution >= 0.6 is 0 Å². The maximum Gasteiger partial charge on any atom is 0.150 e. The Balaban J connectivity index is 1.58. The van der Waals surface area contributed by atoms with Crippen LogP contribution in [0, 0.1) is 6.92 Å². The van der Waals surface area contributed by atoms with Gasteiger partial charge < -0.3 is 9.47 Å². The van der Waals surface area contributed by atoms with Crippen molar-refractivity contribution in [2.24, 2.45) is 0 Å². The van der Waals surface area contributed by atoms with Gasteiger partial charge in [-0.15, -0.1) is 0 Å². The molecule has 2 aromatic rings. The second-order valence-corrected chi connectivity index (χ2v) is 5.77. The fourth-order valence-corrected chi connectivity index (χ4v) is 2.96. The van der Waals surface area contributed by atoms with E-state index in [-0.39, 0.29) is 0 Å². The number of piperazine rings is 1. The largest absolute Gasteiger partial charge is 0.353 e. The van der Waals surface area contributed by atoms with E-state index in [2.05, 4.69) is 42.4 Å². The van der Waals surface area contributed by atoms with E-state index in [9.17, 15) is 0 Å². The second kappa shape index (κ2) is 6.87. The number of hydrogen-bond acceptors (Lipinski definition) is 5. The Morgan fingerprint density at radius 1 is 1.00 bits per heavy atom. The van der Waals surface area contributed by atoms with Crippen LogP contribution in [0.5, 0.6) is 0 Å². The first-order valence-electron chi connectivity index (χ1n) is 8.03. The summed E-state index contributed by atoms with van der Waals surface area (Å²) in [5.74, 6) is 2.20. The van der Waals surface area contributed by atoms with E-state index >= 15 is 0 Å². The molecular formula is C16H24N6. The van der Waals surface area contributed by atoms with Gasteiger partial charge in [0.25, 0.3) is 0 Å². The highest BCUT2D eigenvalue weighted by Crippen LogP contribution is 2.16. The number of anilines is 1. The van der Waals surface area contributed by atoms with Crippen LogP contribution in [-0.4, -0.2) is 50.6 Å². The molecule has 0 saturated carbocycles. The summed E-state index contributed by atoms with van der Waals surface area (Å²) in [5, 5.41) is 0. The number of imidazole rings is 1. The second-order valence-electron chi connectivity index (χ2n) is 5.77. The van der Waals surface area contributed by atoms with Gasteiger partial charge >= 0.3 is 0 Å². The molecule has 3 heterocycles. The normalized spacial score (nSPS) is 16.2. The Kier molecular flexibility index (Phi) is 4.68. The van der Waals surface area contributed by atoms with Crippen LogP contribution in [0.25, 0.3) is 0 Å². The molecule has 0 unspecified atom stereocenters. The molecule has 6 heteroatoms. The van der Waals surface area contributed by atoms with Crippen LogP contribution in [0.4, 0.5) is 5.82 Å². The molecule has 118 valence electrons. The first kappa shape index (κ1) is 15.0. The molecule has 0 amide bonds. The summed E-state index contributed by atoms with van der Waals surface area (Å²) in [6, 6.07) is 0. The van der Waals surface area contributed by atoms with Gasteiger partial charge in [0.05, 0.1) is 12.2 Å². The zero-order chi connectivity index (χ0) is 15.4. The van der Waals surface area contributed by atoms with Gasteiger partial charge in [-0.05, 0) is 13.3 Å². The van der Waals surface area contributed by atoms with Crippen molar-refractivity contribution in [2.75, 3.05) is 31.1 Å². The number of aromatic nitrogens is 4. The van der Waals surface area contributed by atoms with E-state index < -0.39 is 0 Å². The van der Waals surface area contributed by atoms with Crippen molar-refractivity contribution in [1.29, 1.82) is 0 Å². The average Bonchev–Trinajstić information content (AvgIpc) is 2.96. The van der Waals surface area contributed by atoms with E-state index in [1.54, 1.807) is 12.4 Å². The summed E-state index contributed by atoms with van der Waals surface area (Å²) in [6.45, 7) is 10.3. The van der Waals surface area contributed by atoms with Crippen molar-refractivity contribution >= 4 is 5.82 Å². The molecule has 0 spiro atoms. The van der Waals surface area contributed by atoms with Crippen LogP contribution in [0.2, 0.25) is 0 Å². The molecule has 0 bridgehead atoms. The van der Waals surface area contributed by atoms with E-state index in [0.29, 0.717) is 0 Å². The Hall–Kier alpha value is -1.95. The maximum atomic E-state index is 4.51. The highest BCUT2D eigenvalue weighted by atomic mass is 15.3. The van der Waals surface area contributed by atoms with Crippen molar-refractivity contribution in [3.8, 4) is 0 Å². The summed E-state index contributed by atoms with van der Waals surface area (Å²) in [6.07, 6.45) is 8.66. The van der Waals surface area contributed by atoms with Gasteiger partial charge in [-0.1, -0.05) is 6.92 Å². The molecule has 2 aromatic heterocycles. The smallest absolute Gasteiger partial charge is 0.150 e. The molecular weight excluding hydrogens is 276 g/mol. The monoisotopic (exact) mass is 300 g/mol. The fourth-order valence-electron chi connectivity index (χ4n) is 2.96. The number of aryl methyl sites for hydroxylation is 2. The lowest BCUT2D eigenvalue weighted by Crippen LogP contribution is -2.46. The summed E-state index contributed by atoms with van der Waals surface area (Å²) >= 11 is 0. The third-order valence-corrected chi connectivity index (χ3v) is 4.16. The van der Waals surface area contributed by atoms with Gasteiger partial charge in [-0.25, -0.2) is 9.97 Å². The topological polar surface area (TPSA) is 50.1 Å². The Labute approximate surface area is 131 Å². The Morgan fingerprint density at radius 2 is 1.77 bits per heavy atom. The van der Waals surface area contributed by atoms with E-state index in [1.165, 1.54) is 5.82 Å². The third kappa shape index (κ3) is 3.27. The van der Waals surface area contributed by atoms with Crippen LogP contribution in [0.1, 0.15) is 24.9 Å². The SMILES string of the molecule is CCCn1ccnc1CN1CCN(c2nccnc2C)CC1. The summed E-state index contributed by atoms with van der Waals surface area (Å²) in [7, 11) is 0. The predicted octanol–water partition coefficient (Wildman–Crippen LogP) is 1.71.